The van der Waals surface area contributed by atoms with Gasteiger partial charge in [-0.15, -0.1) is 11.6 Å². The van der Waals surface area contributed by atoms with E-state index < -0.39 is 17.1 Å². The van der Waals surface area contributed by atoms with Crippen LogP contribution in [0.2, 0.25) is 0 Å². The maximum absolute atomic E-state index is 13.1. The molecule has 5 aliphatic carbocycles. The molecular weight excluding hydrogens is 364 g/mol. The molecule has 148 valence electrons. The Morgan fingerprint density at radius 2 is 1.78 bits per heavy atom. The van der Waals surface area contributed by atoms with Gasteiger partial charge in [0.15, 0.2) is 6.10 Å². The van der Waals surface area contributed by atoms with Crippen LogP contribution in [0.1, 0.15) is 77.6 Å². The van der Waals surface area contributed by atoms with Crippen LogP contribution in [0, 0.1) is 28.6 Å². The summed E-state index contributed by atoms with van der Waals surface area (Å²) in [6, 6.07) is 2.28. The number of rotatable bonds is 4. The second-order valence-corrected chi connectivity index (χ2v) is 10.5. The summed E-state index contributed by atoms with van der Waals surface area (Å²) in [7, 11) is 0. The van der Waals surface area contributed by atoms with Gasteiger partial charge in [-0.1, -0.05) is 19.3 Å². The lowest BCUT2D eigenvalue weighted by Gasteiger charge is -2.58. The van der Waals surface area contributed by atoms with E-state index in [4.69, 9.17) is 16.3 Å². The number of halogens is 1. The topological polar surface area (TPSA) is 79.2 Å². The first kappa shape index (κ1) is 19.1. The standard InChI is InChI=1S/C21H29ClN2O3/c1-14(17(25)24-21(13-23)5-3-2-4-6-21)27-18(26)19-8-15-7-16(9-19)11-20(22,10-15)12-19/h14-16H,2-12H2,1H3,(H,24,25)/t14-,15-,16+,19?,20?/m0/s1. The molecule has 0 radical (unpaired) electrons. The number of hydrogen-bond acceptors (Lipinski definition) is 4. The fourth-order valence-electron chi connectivity index (χ4n) is 6.49. The van der Waals surface area contributed by atoms with Crippen molar-refractivity contribution in [3.05, 3.63) is 0 Å². The summed E-state index contributed by atoms with van der Waals surface area (Å²) in [5.41, 5.74) is -1.32. The predicted octanol–water partition coefficient (Wildman–Crippen LogP) is 3.84. The zero-order valence-electron chi connectivity index (χ0n) is 16.1. The number of ether oxygens (including phenoxy) is 1. The highest BCUT2D eigenvalue weighted by atomic mass is 35.5. The van der Waals surface area contributed by atoms with Crippen LogP contribution in [0.5, 0.6) is 0 Å². The number of nitriles is 1. The molecule has 5 nitrogen and oxygen atoms in total. The minimum absolute atomic E-state index is 0.262. The Hall–Kier alpha value is -1.28. The van der Waals surface area contributed by atoms with Gasteiger partial charge in [0.25, 0.3) is 5.91 Å². The van der Waals surface area contributed by atoms with E-state index in [0.717, 1.165) is 44.9 Å². The maximum atomic E-state index is 13.1. The average molecular weight is 393 g/mol. The van der Waals surface area contributed by atoms with Crippen molar-refractivity contribution in [3.8, 4) is 6.07 Å². The Kier molecular flexibility index (Phi) is 4.70. The number of nitrogens with one attached hydrogen (secondary N) is 1. The highest BCUT2D eigenvalue weighted by Gasteiger charge is 2.61. The van der Waals surface area contributed by atoms with Gasteiger partial charge in [0.2, 0.25) is 0 Å². The fraction of sp³-hybridized carbons (Fsp3) is 0.857. The molecule has 5 aliphatic rings. The van der Waals surface area contributed by atoms with Crippen LogP contribution in [0.25, 0.3) is 0 Å². The van der Waals surface area contributed by atoms with E-state index in [-0.39, 0.29) is 16.8 Å². The third kappa shape index (κ3) is 3.46. The minimum atomic E-state index is -0.885. The maximum Gasteiger partial charge on any atom is 0.312 e. The number of alkyl halides is 1. The van der Waals surface area contributed by atoms with Gasteiger partial charge in [-0.05, 0) is 70.1 Å². The summed E-state index contributed by atoms with van der Waals surface area (Å²) in [6.45, 7) is 1.61. The minimum Gasteiger partial charge on any atom is -0.452 e. The first-order valence-electron chi connectivity index (χ1n) is 10.4. The Balaban J connectivity index is 1.41. The third-order valence-corrected chi connectivity index (χ3v) is 7.80. The van der Waals surface area contributed by atoms with Crippen molar-refractivity contribution in [1.82, 2.24) is 5.32 Å². The second-order valence-electron chi connectivity index (χ2n) is 9.68. The van der Waals surface area contributed by atoms with Crippen LogP contribution in [0.15, 0.2) is 0 Å². The molecule has 0 aromatic heterocycles. The summed E-state index contributed by atoms with van der Waals surface area (Å²) in [5, 5.41) is 12.4. The van der Waals surface area contributed by atoms with Gasteiger partial charge < -0.3 is 10.1 Å². The Morgan fingerprint density at radius 1 is 1.15 bits per heavy atom. The summed E-state index contributed by atoms with van der Waals surface area (Å²) >= 11 is 6.81. The molecular formula is C21H29ClN2O3. The van der Waals surface area contributed by atoms with E-state index in [1.54, 1.807) is 6.92 Å². The van der Waals surface area contributed by atoms with Gasteiger partial charge in [-0.25, -0.2) is 0 Å². The lowest BCUT2D eigenvalue weighted by atomic mass is 9.49. The number of hydrogen-bond donors (Lipinski definition) is 1. The molecule has 5 saturated carbocycles. The highest BCUT2D eigenvalue weighted by molar-refractivity contribution is 6.24. The molecule has 0 heterocycles. The molecule has 5 atom stereocenters. The third-order valence-electron chi connectivity index (χ3n) is 7.36. The van der Waals surface area contributed by atoms with E-state index in [2.05, 4.69) is 11.4 Å². The molecule has 5 rings (SSSR count). The van der Waals surface area contributed by atoms with Crippen molar-refractivity contribution in [2.45, 2.75) is 94.1 Å². The van der Waals surface area contributed by atoms with E-state index in [0.29, 0.717) is 31.1 Å². The lowest BCUT2D eigenvalue weighted by Crippen LogP contribution is -2.57. The van der Waals surface area contributed by atoms with Gasteiger partial charge >= 0.3 is 5.97 Å². The summed E-state index contributed by atoms with van der Waals surface area (Å²) in [4.78, 5) is 25.4. The summed E-state index contributed by atoms with van der Waals surface area (Å²) in [5.74, 6) is 0.380. The van der Waals surface area contributed by atoms with Crippen molar-refractivity contribution in [2.75, 3.05) is 0 Å². The normalized spacial score (nSPS) is 40.0. The molecule has 27 heavy (non-hydrogen) atoms. The average Bonchev–Trinajstić information content (AvgIpc) is 2.60. The van der Waals surface area contributed by atoms with Crippen molar-refractivity contribution in [2.24, 2.45) is 17.3 Å². The SMILES string of the molecule is C[C@H](OC(=O)C12C[C@@H]3C[C@@H](CC(Cl)(C3)C1)C2)C(=O)NC1(C#N)CCCCC1. The number of amides is 1. The quantitative estimate of drug-likeness (QED) is 0.582. The predicted molar refractivity (Wildman–Crippen MR) is 101 cm³/mol. The van der Waals surface area contributed by atoms with Crippen LogP contribution in [0.4, 0.5) is 0 Å². The fourth-order valence-corrected chi connectivity index (χ4v) is 7.18. The molecule has 5 fully saturated rings. The lowest BCUT2D eigenvalue weighted by molar-refractivity contribution is -0.177. The Morgan fingerprint density at radius 3 is 2.33 bits per heavy atom. The largest absolute Gasteiger partial charge is 0.452 e. The van der Waals surface area contributed by atoms with Gasteiger partial charge in [-0.3, -0.25) is 9.59 Å². The van der Waals surface area contributed by atoms with E-state index in [1.807, 2.05) is 0 Å². The zero-order chi connectivity index (χ0) is 19.3. The van der Waals surface area contributed by atoms with Crippen molar-refractivity contribution in [1.29, 1.82) is 5.26 Å². The molecule has 1 N–H and O–H groups in total. The molecule has 0 aromatic carbocycles. The molecule has 6 heteroatoms. The molecule has 0 aliphatic heterocycles. The van der Waals surface area contributed by atoms with Crippen LogP contribution in [-0.4, -0.2) is 28.4 Å². The van der Waals surface area contributed by atoms with E-state index in [1.165, 1.54) is 6.42 Å². The number of carbonyl (C=O) groups excluding carboxylic acids is 2. The highest BCUT2D eigenvalue weighted by Crippen LogP contribution is 2.64. The van der Waals surface area contributed by atoms with E-state index in [9.17, 15) is 14.9 Å². The van der Waals surface area contributed by atoms with Gasteiger partial charge in [0.1, 0.15) is 5.54 Å². The molecule has 0 spiro atoms. The van der Waals surface area contributed by atoms with Crippen LogP contribution in [0.3, 0.4) is 0 Å². The Labute approximate surface area is 166 Å². The molecule has 0 aromatic rings. The number of carbonyl (C=O) groups is 2. The molecule has 2 unspecified atom stereocenters. The summed E-state index contributed by atoms with van der Waals surface area (Å²) < 4.78 is 5.65. The molecule has 0 saturated heterocycles. The number of nitrogens with zero attached hydrogens (tertiary/aromatic N) is 1. The van der Waals surface area contributed by atoms with Crippen molar-refractivity contribution < 1.29 is 14.3 Å². The van der Waals surface area contributed by atoms with Crippen LogP contribution in [-0.2, 0) is 14.3 Å². The zero-order valence-corrected chi connectivity index (χ0v) is 16.8. The second kappa shape index (κ2) is 6.65. The first-order chi connectivity index (χ1) is 12.8. The van der Waals surface area contributed by atoms with Crippen LogP contribution >= 0.6 is 11.6 Å². The smallest absolute Gasteiger partial charge is 0.312 e. The van der Waals surface area contributed by atoms with Crippen molar-refractivity contribution >= 4 is 23.5 Å². The van der Waals surface area contributed by atoms with E-state index >= 15 is 0 Å². The van der Waals surface area contributed by atoms with Gasteiger partial charge in [0, 0.05) is 4.87 Å². The summed E-state index contributed by atoms with van der Waals surface area (Å²) in [6.07, 6.45) is 8.93. The monoisotopic (exact) mass is 392 g/mol. The van der Waals surface area contributed by atoms with Gasteiger partial charge in [0.05, 0.1) is 11.5 Å². The molecule has 4 bridgehead atoms. The van der Waals surface area contributed by atoms with Crippen LogP contribution < -0.4 is 5.32 Å². The van der Waals surface area contributed by atoms with Crippen molar-refractivity contribution in [3.63, 3.8) is 0 Å². The first-order valence-corrected chi connectivity index (χ1v) is 10.8. The van der Waals surface area contributed by atoms with Gasteiger partial charge in [-0.2, -0.15) is 5.26 Å². The molecule has 1 amide bonds. The Bertz CT molecular complexity index is 665. The number of esters is 1.